The average Bonchev–Trinajstić information content (AvgIpc) is 2.08. The van der Waals surface area contributed by atoms with E-state index >= 15 is 0 Å². The van der Waals surface area contributed by atoms with E-state index in [1.807, 2.05) is 5.32 Å². The van der Waals surface area contributed by atoms with E-state index in [-0.39, 0.29) is 16.8 Å². The number of carbonyl (C=O) groups excluding carboxylic acids is 1. The monoisotopic (exact) mass is 300 g/mol. The number of rotatable bonds is 3. The third-order valence-electron chi connectivity index (χ3n) is 2.13. The van der Waals surface area contributed by atoms with E-state index in [1.165, 1.54) is 0 Å². The second kappa shape index (κ2) is 5.59. The molecule has 1 aromatic carbocycles. The first-order valence-corrected chi connectivity index (χ1v) is 5.27. The molecule has 0 heterocycles. The van der Waals surface area contributed by atoms with Crippen molar-refractivity contribution < 1.29 is 31.1 Å². The number of halogens is 6. The predicted molar refractivity (Wildman–Crippen MR) is 59.2 cm³/mol. The summed E-state index contributed by atoms with van der Waals surface area (Å²) in [5.74, 6) is 0. The van der Waals surface area contributed by atoms with Crippen LogP contribution < -0.4 is 11.1 Å². The molecule has 112 valence electrons. The second-order valence-corrected chi connectivity index (χ2v) is 4.11. The molecule has 1 rings (SSSR count). The molecule has 0 aliphatic rings. The molecule has 0 saturated heterocycles. The van der Waals surface area contributed by atoms with Crippen LogP contribution in [-0.2, 0) is 12.8 Å². The zero-order valence-electron chi connectivity index (χ0n) is 9.90. The van der Waals surface area contributed by atoms with Gasteiger partial charge in [-0.2, -0.15) is 26.3 Å². The van der Waals surface area contributed by atoms with Crippen LogP contribution >= 0.6 is 0 Å². The number of carbonyl (C=O) groups is 1. The highest BCUT2D eigenvalue weighted by Crippen LogP contribution is 2.27. The van der Waals surface area contributed by atoms with Crippen LogP contribution in [0.4, 0.5) is 36.8 Å². The molecule has 0 spiro atoms. The lowest BCUT2D eigenvalue weighted by atomic mass is 10.0. The van der Waals surface area contributed by atoms with E-state index in [0.717, 1.165) is 18.2 Å². The van der Waals surface area contributed by atoms with Gasteiger partial charge in [-0.05, 0) is 23.3 Å². The summed E-state index contributed by atoms with van der Waals surface area (Å²) < 4.78 is 73.6. The fourth-order valence-corrected chi connectivity index (χ4v) is 1.64. The molecule has 0 aromatic heterocycles. The van der Waals surface area contributed by atoms with Gasteiger partial charge in [0.2, 0.25) is 0 Å². The Morgan fingerprint density at radius 3 is 1.65 bits per heavy atom. The Labute approximate surface area is 109 Å². The van der Waals surface area contributed by atoms with Crippen molar-refractivity contribution in [3.8, 4) is 0 Å². The molecule has 0 aliphatic carbocycles. The fraction of sp³-hybridized carbons (Fsp3) is 0.364. The molecule has 0 aliphatic heterocycles. The number of amides is 2. The van der Waals surface area contributed by atoms with Crippen molar-refractivity contribution >= 4 is 11.7 Å². The van der Waals surface area contributed by atoms with Crippen LogP contribution in [0.5, 0.6) is 0 Å². The number of urea groups is 1. The van der Waals surface area contributed by atoms with Crippen molar-refractivity contribution in [2.75, 3.05) is 5.32 Å². The van der Waals surface area contributed by atoms with Gasteiger partial charge < -0.3 is 11.1 Å². The van der Waals surface area contributed by atoms with Gasteiger partial charge in [-0.3, -0.25) is 0 Å². The highest BCUT2D eigenvalue weighted by molar-refractivity contribution is 5.88. The number of primary amides is 1. The maximum atomic E-state index is 12.3. The van der Waals surface area contributed by atoms with Crippen LogP contribution in [0, 0.1) is 0 Å². The third-order valence-corrected chi connectivity index (χ3v) is 2.13. The normalized spacial score (nSPS) is 12.3. The molecule has 0 unspecified atom stereocenters. The van der Waals surface area contributed by atoms with Gasteiger partial charge in [0.1, 0.15) is 0 Å². The van der Waals surface area contributed by atoms with E-state index in [0.29, 0.717) is 0 Å². The lowest BCUT2D eigenvalue weighted by Gasteiger charge is -2.13. The Hall–Kier alpha value is -1.93. The number of hydrogen-bond donors (Lipinski definition) is 2. The van der Waals surface area contributed by atoms with E-state index in [4.69, 9.17) is 5.73 Å². The fourth-order valence-electron chi connectivity index (χ4n) is 1.64. The van der Waals surface area contributed by atoms with Crippen molar-refractivity contribution in [2.45, 2.75) is 25.2 Å². The van der Waals surface area contributed by atoms with Crippen molar-refractivity contribution in [3.63, 3.8) is 0 Å². The second-order valence-electron chi connectivity index (χ2n) is 4.11. The first-order valence-electron chi connectivity index (χ1n) is 5.27. The van der Waals surface area contributed by atoms with Gasteiger partial charge in [-0.25, -0.2) is 4.79 Å². The minimum absolute atomic E-state index is 0.210. The molecule has 3 N–H and O–H groups in total. The van der Waals surface area contributed by atoms with Gasteiger partial charge in [-0.15, -0.1) is 0 Å². The highest BCUT2D eigenvalue weighted by Gasteiger charge is 2.30. The van der Waals surface area contributed by atoms with Gasteiger partial charge in [-0.1, -0.05) is 6.07 Å². The van der Waals surface area contributed by atoms with Crippen molar-refractivity contribution in [2.24, 2.45) is 5.73 Å². The largest absolute Gasteiger partial charge is 0.393 e. The standard InChI is InChI=1S/C11H10F6N2O/c12-10(13,14)4-6-1-7(5-11(15,16)17)3-8(2-6)19-9(18)20/h1-3H,4-5H2,(H3,18,19,20). The van der Waals surface area contributed by atoms with Gasteiger partial charge >= 0.3 is 18.4 Å². The maximum absolute atomic E-state index is 12.3. The molecular formula is C11H10F6N2O. The molecular weight excluding hydrogens is 290 g/mol. The zero-order valence-corrected chi connectivity index (χ0v) is 9.90. The number of benzene rings is 1. The molecule has 0 bridgehead atoms. The molecule has 0 saturated carbocycles. The predicted octanol–water partition coefficient (Wildman–Crippen LogP) is 3.39. The molecule has 9 heteroatoms. The molecule has 2 amide bonds. The Morgan fingerprint density at radius 2 is 1.35 bits per heavy atom. The van der Waals surface area contributed by atoms with Crippen molar-refractivity contribution in [1.29, 1.82) is 0 Å². The average molecular weight is 300 g/mol. The minimum atomic E-state index is -4.57. The van der Waals surface area contributed by atoms with E-state index in [2.05, 4.69) is 0 Å². The molecule has 1 aromatic rings. The summed E-state index contributed by atoms with van der Waals surface area (Å²) in [7, 11) is 0. The van der Waals surface area contributed by atoms with Gasteiger partial charge in [0.05, 0.1) is 12.8 Å². The number of nitrogens with one attached hydrogen (secondary N) is 1. The molecule has 0 radical (unpaired) electrons. The molecule has 20 heavy (non-hydrogen) atoms. The van der Waals surface area contributed by atoms with Gasteiger partial charge in [0, 0.05) is 5.69 Å². The lowest BCUT2D eigenvalue weighted by Crippen LogP contribution is -2.20. The van der Waals surface area contributed by atoms with Crippen LogP contribution in [0.15, 0.2) is 18.2 Å². The summed E-state index contributed by atoms with van der Waals surface area (Å²) in [6.07, 6.45) is -11.9. The highest BCUT2D eigenvalue weighted by atomic mass is 19.4. The lowest BCUT2D eigenvalue weighted by molar-refractivity contribution is -0.127. The van der Waals surface area contributed by atoms with Crippen LogP contribution in [0.25, 0.3) is 0 Å². The smallest absolute Gasteiger partial charge is 0.351 e. The van der Waals surface area contributed by atoms with Gasteiger partial charge in [0.15, 0.2) is 0 Å². The van der Waals surface area contributed by atoms with Crippen molar-refractivity contribution in [3.05, 3.63) is 29.3 Å². The first kappa shape index (κ1) is 16.1. The number of alkyl halides is 6. The first-order chi connectivity index (χ1) is 8.94. The Bertz CT molecular complexity index is 460. The van der Waals surface area contributed by atoms with E-state index < -0.39 is 31.2 Å². The number of anilines is 1. The van der Waals surface area contributed by atoms with Gasteiger partial charge in [0.25, 0.3) is 0 Å². The third kappa shape index (κ3) is 6.30. The summed E-state index contributed by atoms with van der Waals surface area (Å²) in [4.78, 5) is 10.6. The minimum Gasteiger partial charge on any atom is -0.351 e. The molecule has 3 nitrogen and oxygen atoms in total. The van der Waals surface area contributed by atoms with Crippen molar-refractivity contribution in [1.82, 2.24) is 0 Å². The Balaban J connectivity index is 3.10. The number of hydrogen-bond acceptors (Lipinski definition) is 1. The Kier molecular flexibility index (Phi) is 4.51. The van der Waals surface area contributed by atoms with Crippen LogP contribution in [0.2, 0.25) is 0 Å². The topological polar surface area (TPSA) is 55.1 Å². The maximum Gasteiger partial charge on any atom is 0.393 e. The summed E-state index contributed by atoms with van der Waals surface area (Å²) in [5, 5.41) is 1.96. The summed E-state index contributed by atoms with van der Waals surface area (Å²) in [6, 6.07) is 1.58. The summed E-state index contributed by atoms with van der Waals surface area (Å²) in [6.45, 7) is 0. The zero-order chi connectivity index (χ0) is 15.6. The SMILES string of the molecule is NC(=O)Nc1cc(CC(F)(F)F)cc(CC(F)(F)F)c1. The number of nitrogens with two attached hydrogens (primary N) is 1. The Morgan fingerprint density at radius 1 is 0.950 bits per heavy atom. The van der Waals surface area contributed by atoms with E-state index in [9.17, 15) is 31.1 Å². The summed E-state index contributed by atoms with van der Waals surface area (Å²) in [5.41, 5.74) is 3.80. The van der Waals surface area contributed by atoms with Crippen LogP contribution in [0.3, 0.4) is 0 Å². The molecule has 0 atom stereocenters. The van der Waals surface area contributed by atoms with Crippen LogP contribution in [0.1, 0.15) is 11.1 Å². The molecule has 0 fully saturated rings. The van der Waals surface area contributed by atoms with E-state index in [1.54, 1.807) is 0 Å². The summed E-state index contributed by atoms with van der Waals surface area (Å²) >= 11 is 0. The quantitative estimate of drug-likeness (QED) is 0.826. The van der Waals surface area contributed by atoms with Crippen LogP contribution in [-0.4, -0.2) is 18.4 Å².